The Balaban J connectivity index is -0.000000180. The average Bonchev–Trinajstić information content (AvgIpc) is 1.61. The van der Waals surface area contributed by atoms with E-state index in [2.05, 4.69) is 12.5 Å². The van der Waals surface area contributed by atoms with E-state index < -0.39 is 0 Å². The van der Waals surface area contributed by atoms with Gasteiger partial charge >= 0.3 is 0 Å². The summed E-state index contributed by atoms with van der Waals surface area (Å²) in [5.41, 5.74) is 5.28. The van der Waals surface area contributed by atoms with E-state index in [-0.39, 0.29) is 34.0 Å². The van der Waals surface area contributed by atoms with Crippen molar-refractivity contribution in [2.75, 3.05) is 24.8 Å². The van der Waals surface area contributed by atoms with Gasteiger partial charge in [0.15, 0.2) is 0 Å². The molecule has 0 unspecified atom stereocenters. The first-order chi connectivity index (χ1) is 3.27. The molecule has 0 amide bonds. The van der Waals surface area contributed by atoms with E-state index in [1.165, 1.54) is 12.2 Å². The Bertz CT molecular complexity index is 43.9. The van der Waals surface area contributed by atoms with E-state index >= 15 is 0 Å². The van der Waals surface area contributed by atoms with Gasteiger partial charge in [0.2, 0.25) is 0 Å². The number of halogens is 2. The van der Waals surface area contributed by atoms with Gasteiger partial charge in [-0.3, -0.25) is 0 Å². The zero-order valence-electron chi connectivity index (χ0n) is 5.92. The Labute approximate surface area is 81.7 Å². The van der Waals surface area contributed by atoms with Crippen LogP contribution in [0.4, 0.5) is 0 Å². The maximum absolute atomic E-state index is 5.28. The second-order valence-electron chi connectivity index (χ2n) is 1.83. The Kier molecular flexibility index (Phi) is 22.3. The van der Waals surface area contributed by atoms with Crippen LogP contribution >= 0.6 is 34.0 Å². The first-order valence-electron chi connectivity index (χ1n) is 2.51. The standard InChI is InChI=1S/C5H14NS.2BrH/c1-7(2)5-3-4-6;;/h3-6H2,1-2H3;2*1H/q+1;;. The van der Waals surface area contributed by atoms with Crippen LogP contribution in [0.5, 0.6) is 0 Å². The van der Waals surface area contributed by atoms with Gasteiger partial charge in [0.05, 0.1) is 12.5 Å². The molecular formula is C5H16Br2NS+. The second kappa shape index (κ2) is 12.0. The molecular weight excluding hydrogens is 266 g/mol. The molecule has 2 N–H and O–H groups in total. The van der Waals surface area contributed by atoms with Gasteiger partial charge in [-0.2, -0.15) is 0 Å². The number of rotatable bonds is 3. The normalized spacial score (nSPS) is 8.00. The third-order valence-corrected chi connectivity index (χ3v) is 1.86. The van der Waals surface area contributed by atoms with Crippen LogP contribution in [0.2, 0.25) is 0 Å². The van der Waals surface area contributed by atoms with E-state index in [1.807, 2.05) is 0 Å². The summed E-state index contributed by atoms with van der Waals surface area (Å²) in [6.07, 6.45) is 5.68. The van der Waals surface area contributed by atoms with Gasteiger partial charge in [0, 0.05) is 6.42 Å². The minimum Gasteiger partial charge on any atom is -0.330 e. The summed E-state index contributed by atoms with van der Waals surface area (Å²) in [4.78, 5) is 0. The first kappa shape index (κ1) is 16.7. The molecule has 0 aliphatic carbocycles. The zero-order valence-corrected chi connectivity index (χ0v) is 10.2. The lowest BCUT2D eigenvalue weighted by atomic mass is 10.5. The molecule has 0 aliphatic heterocycles. The van der Waals surface area contributed by atoms with Crippen LogP contribution in [0.3, 0.4) is 0 Å². The maximum Gasteiger partial charge on any atom is 0.108 e. The van der Waals surface area contributed by atoms with Crippen LogP contribution in [0, 0.1) is 0 Å². The molecule has 0 fully saturated rings. The molecule has 0 rings (SSSR count). The Morgan fingerprint density at radius 2 is 1.67 bits per heavy atom. The van der Waals surface area contributed by atoms with Gasteiger partial charge in [-0.05, 0) is 17.4 Å². The predicted octanol–water partition coefficient (Wildman–Crippen LogP) is 1.37. The molecule has 0 spiro atoms. The highest BCUT2D eigenvalue weighted by molar-refractivity contribution is 8.93. The van der Waals surface area contributed by atoms with Gasteiger partial charge in [0.25, 0.3) is 0 Å². The van der Waals surface area contributed by atoms with Crippen LogP contribution in [-0.4, -0.2) is 24.8 Å². The predicted molar refractivity (Wildman–Crippen MR) is 58.4 cm³/mol. The van der Waals surface area contributed by atoms with Crippen molar-refractivity contribution in [1.82, 2.24) is 0 Å². The monoisotopic (exact) mass is 280 g/mol. The molecule has 1 nitrogen and oxygen atoms in total. The average molecular weight is 282 g/mol. The zero-order chi connectivity index (χ0) is 5.70. The molecule has 0 saturated carbocycles. The Morgan fingerprint density at radius 3 is 1.78 bits per heavy atom. The molecule has 0 aliphatic rings. The fraction of sp³-hybridized carbons (Fsp3) is 1.00. The molecule has 0 aromatic rings. The van der Waals surface area contributed by atoms with E-state index in [0.717, 1.165) is 6.54 Å². The maximum atomic E-state index is 5.28. The highest BCUT2D eigenvalue weighted by Gasteiger charge is 1.97. The smallest absolute Gasteiger partial charge is 0.108 e. The van der Waals surface area contributed by atoms with Crippen molar-refractivity contribution in [2.45, 2.75) is 6.42 Å². The fourth-order valence-corrected chi connectivity index (χ4v) is 1.12. The van der Waals surface area contributed by atoms with Crippen LogP contribution in [0.25, 0.3) is 0 Å². The molecule has 0 aromatic carbocycles. The second-order valence-corrected chi connectivity index (χ2v) is 4.21. The van der Waals surface area contributed by atoms with E-state index in [0.29, 0.717) is 10.9 Å². The summed E-state index contributed by atoms with van der Waals surface area (Å²) in [5, 5.41) is 0. The third-order valence-electron chi connectivity index (χ3n) is 0.757. The van der Waals surface area contributed by atoms with Gasteiger partial charge in [-0.1, -0.05) is 0 Å². The number of nitrogens with two attached hydrogens (primary N) is 1. The van der Waals surface area contributed by atoms with Crippen molar-refractivity contribution in [1.29, 1.82) is 0 Å². The lowest BCUT2D eigenvalue weighted by Crippen LogP contribution is -2.07. The van der Waals surface area contributed by atoms with Crippen LogP contribution < -0.4 is 5.73 Å². The topological polar surface area (TPSA) is 26.0 Å². The molecule has 0 radical (unpaired) electrons. The van der Waals surface area contributed by atoms with Crippen LogP contribution in [0.1, 0.15) is 6.42 Å². The Hall–Kier alpha value is 1.27. The summed E-state index contributed by atoms with van der Waals surface area (Å²) >= 11 is 0. The minimum atomic E-state index is 0. The molecule has 0 heterocycles. The number of hydrogen-bond donors (Lipinski definition) is 1. The van der Waals surface area contributed by atoms with Crippen molar-refractivity contribution in [3.63, 3.8) is 0 Å². The van der Waals surface area contributed by atoms with Crippen molar-refractivity contribution in [2.24, 2.45) is 5.73 Å². The summed E-state index contributed by atoms with van der Waals surface area (Å²) in [6, 6.07) is 0. The van der Waals surface area contributed by atoms with Crippen molar-refractivity contribution < 1.29 is 0 Å². The first-order valence-corrected chi connectivity index (χ1v) is 4.72. The highest BCUT2D eigenvalue weighted by Crippen LogP contribution is 1.85. The van der Waals surface area contributed by atoms with Gasteiger partial charge in [0.1, 0.15) is 5.75 Å². The van der Waals surface area contributed by atoms with Gasteiger partial charge in [-0.15, -0.1) is 34.0 Å². The molecule has 4 heteroatoms. The third kappa shape index (κ3) is 17.6. The molecule has 0 saturated heterocycles. The summed E-state index contributed by atoms with van der Waals surface area (Å²) in [7, 11) is 0.605. The number of hydrogen-bond acceptors (Lipinski definition) is 1. The fourth-order valence-electron chi connectivity index (χ4n) is 0.372. The summed E-state index contributed by atoms with van der Waals surface area (Å²) in [6.45, 7) is 0.852. The molecule has 9 heavy (non-hydrogen) atoms. The van der Waals surface area contributed by atoms with E-state index in [4.69, 9.17) is 5.73 Å². The molecule has 0 bridgehead atoms. The van der Waals surface area contributed by atoms with Gasteiger partial charge < -0.3 is 5.73 Å². The van der Waals surface area contributed by atoms with Crippen LogP contribution in [-0.2, 0) is 10.9 Å². The van der Waals surface area contributed by atoms with Gasteiger partial charge in [-0.25, -0.2) is 0 Å². The van der Waals surface area contributed by atoms with Crippen molar-refractivity contribution >= 4 is 44.9 Å². The molecule has 0 atom stereocenters. The van der Waals surface area contributed by atoms with Crippen LogP contribution in [0.15, 0.2) is 0 Å². The van der Waals surface area contributed by atoms with E-state index in [1.54, 1.807) is 0 Å². The molecule has 60 valence electrons. The minimum absolute atomic E-state index is 0. The van der Waals surface area contributed by atoms with Crippen molar-refractivity contribution in [3.8, 4) is 0 Å². The quantitative estimate of drug-likeness (QED) is 0.777. The summed E-state index contributed by atoms with van der Waals surface area (Å²) < 4.78 is 0. The highest BCUT2D eigenvalue weighted by atomic mass is 79.9. The van der Waals surface area contributed by atoms with E-state index in [9.17, 15) is 0 Å². The lowest BCUT2D eigenvalue weighted by molar-refractivity contribution is 0.941. The summed E-state index contributed by atoms with van der Waals surface area (Å²) in [5.74, 6) is 1.30. The van der Waals surface area contributed by atoms with Crippen molar-refractivity contribution in [3.05, 3.63) is 0 Å². The SMILES string of the molecule is Br.Br.C[S+](C)CCCN. The molecule has 0 aromatic heterocycles. The largest absolute Gasteiger partial charge is 0.330 e. The Morgan fingerprint density at radius 1 is 1.22 bits per heavy atom. The lowest BCUT2D eigenvalue weighted by Gasteiger charge is -1.91.